The molecule has 1 N–H and O–H groups in total. The van der Waals surface area contributed by atoms with Crippen LogP contribution in [0.1, 0.15) is 19.5 Å². The minimum atomic E-state index is -0.848. The van der Waals surface area contributed by atoms with Gasteiger partial charge in [-0.3, -0.25) is 4.79 Å². The standard InChI is InChI=1S/C11H15BrN2O2/c1-7-8(5-6-9(12)13-7)14-10(15)11(2,3)16-4/h5-6H,1-4H3,(H,14,15). The fraction of sp³-hybridized carbons (Fsp3) is 0.455. The van der Waals surface area contributed by atoms with Crippen molar-refractivity contribution in [1.82, 2.24) is 4.98 Å². The Balaban J connectivity index is 2.85. The van der Waals surface area contributed by atoms with Crippen LogP contribution in [0, 0.1) is 6.92 Å². The first-order valence-corrected chi connectivity index (χ1v) is 5.66. The Morgan fingerprint density at radius 3 is 2.62 bits per heavy atom. The van der Waals surface area contributed by atoms with Gasteiger partial charge in [0.2, 0.25) is 0 Å². The lowest BCUT2D eigenvalue weighted by molar-refractivity contribution is -0.133. The molecule has 0 aliphatic rings. The van der Waals surface area contributed by atoms with E-state index >= 15 is 0 Å². The van der Waals surface area contributed by atoms with Gasteiger partial charge in [0, 0.05) is 7.11 Å². The number of rotatable bonds is 3. The maximum Gasteiger partial charge on any atom is 0.256 e. The minimum Gasteiger partial charge on any atom is -0.369 e. The summed E-state index contributed by atoms with van der Waals surface area (Å²) in [7, 11) is 1.51. The number of hydrogen-bond donors (Lipinski definition) is 1. The van der Waals surface area contributed by atoms with Crippen molar-refractivity contribution in [3.63, 3.8) is 0 Å². The number of nitrogens with zero attached hydrogens (tertiary/aromatic N) is 1. The van der Waals surface area contributed by atoms with Gasteiger partial charge in [0.05, 0.1) is 11.4 Å². The fourth-order valence-electron chi connectivity index (χ4n) is 1.03. The second-order valence-corrected chi connectivity index (χ2v) is 4.75. The first-order valence-electron chi connectivity index (χ1n) is 4.86. The van der Waals surface area contributed by atoms with Crippen LogP contribution in [0.5, 0.6) is 0 Å². The van der Waals surface area contributed by atoms with Crippen LogP contribution in [0.4, 0.5) is 5.69 Å². The highest BCUT2D eigenvalue weighted by molar-refractivity contribution is 9.10. The largest absolute Gasteiger partial charge is 0.369 e. The zero-order chi connectivity index (χ0) is 12.3. The molecule has 0 spiro atoms. The molecule has 1 aromatic rings. The smallest absolute Gasteiger partial charge is 0.256 e. The quantitative estimate of drug-likeness (QED) is 0.869. The van der Waals surface area contributed by atoms with Gasteiger partial charge in [0.15, 0.2) is 0 Å². The number of carbonyl (C=O) groups is 1. The number of aromatic nitrogens is 1. The zero-order valence-corrected chi connectivity index (χ0v) is 11.4. The second-order valence-electron chi connectivity index (χ2n) is 3.94. The van der Waals surface area contributed by atoms with Crippen molar-refractivity contribution in [2.24, 2.45) is 0 Å². The molecular formula is C11H15BrN2O2. The number of anilines is 1. The maximum absolute atomic E-state index is 11.8. The monoisotopic (exact) mass is 286 g/mol. The summed E-state index contributed by atoms with van der Waals surface area (Å²) in [5, 5.41) is 2.78. The van der Waals surface area contributed by atoms with Gasteiger partial charge in [0.1, 0.15) is 10.2 Å². The van der Waals surface area contributed by atoms with Gasteiger partial charge in [-0.15, -0.1) is 0 Å². The summed E-state index contributed by atoms with van der Waals surface area (Å²) in [5.41, 5.74) is 0.604. The Morgan fingerprint density at radius 2 is 2.12 bits per heavy atom. The number of methoxy groups -OCH3 is 1. The number of carbonyl (C=O) groups excluding carboxylic acids is 1. The van der Waals surface area contributed by atoms with Crippen LogP contribution in [-0.2, 0) is 9.53 Å². The summed E-state index contributed by atoms with van der Waals surface area (Å²) >= 11 is 3.27. The first-order chi connectivity index (χ1) is 7.36. The van der Waals surface area contributed by atoms with E-state index in [4.69, 9.17) is 4.74 Å². The molecule has 16 heavy (non-hydrogen) atoms. The van der Waals surface area contributed by atoms with E-state index in [2.05, 4.69) is 26.2 Å². The molecule has 0 atom stereocenters. The van der Waals surface area contributed by atoms with Crippen LogP contribution in [0.2, 0.25) is 0 Å². The number of amides is 1. The van der Waals surface area contributed by atoms with Crippen molar-refractivity contribution in [3.05, 3.63) is 22.4 Å². The third kappa shape index (κ3) is 3.02. The highest BCUT2D eigenvalue weighted by Gasteiger charge is 2.27. The molecule has 0 fully saturated rings. The number of hydrogen-bond acceptors (Lipinski definition) is 3. The minimum absolute atomic E-state index is 0.192. The molecule has 1 aromatic heterocycles. The summed E-state index contributed by atoms with van der Waals surface area (Å²) in [6, 6.07) is 3.58. The average molecular weight is 287 g/mol. The normalized spacial score (nSPS) is 11.3. The summed E-state index contributed by atoms with van der Waals surface area (Å²) in [4.78, 5) is 16.0. The molecule has 4 nitrogen and oxygen atoms in total. The lowest BCUT2D eigenvalue weighted by atomic mass is 10.1. The molecule has 0 saturated heterocycles. The summed E-state index contributed by atoms with van der Waals surface area (Å²) in [6.45, 7) is 5.26. The fourth-order valence-corrected chi connectivity index (χ4v) is 1.43. The summed E-state index contributed by atoms with van der Waals surface area (Å²) in [5.74, 6) is -0.192. The van der Waals surface area contributed by atoms with Crippen LogP contribution in [0.3, 0.4) is 0 Å². The Bertz CT molecular complexity index is 405. The van der Waals surface area contributed by atoms with Crippen LogP contribution < -0.4 is 5.32 Å². The van der Waals surface area contributed by atoms with Crippen molar-refractivity contribution in [3.8, 4) is 0 Å². The van der Waals surface area contributed by atoms with Gasteiger partial charge in [-0.25, -0.2) is 4.98 Å². The van der Waals surface area contributed by atoms with E-state index in [-0.39, 0.29) is 5.91 Å². The summed E-state index contributed by atoms with van der Waals surface area (Å²) in [6.07, 6.45) is 0. The van der Waals surface area contributed by atoms with E-state index in [0.29, 0.717) is 5.69 Å². The molecule has 0 unspecified atom stereocenters. The Morgan fingerprint density at radius 1 is 1.50 bits per heavy atom. The number of aryl methyl sites for hydroxylation is 1. The number of ether oxygens (including phenoxy) is 1. The van der Waals surface area contributed by atoms with E-state index in [0.717, 1.165) is 10.3 Å². The topological polar surface area (TPSA) is 51.2 Å². The van der Waals surface area contributed by atoms with Gasteiger partial charge < -0.3 is 10.1 Å². The van der Waals surface area contributed by atoms with E-state index in [9.17, 15) is 4.79 Å². The highest BCUT2D eigenvalue weighted by Crippen LogP contribution is 2.18. The third-order valence-corrected chi connectivity index (χ3v) is 2.80. The molecule has 0 aliphatic carbocycles. The predicted molar refractivity (Wildman–Crippen MR) is 66.4 cm³/mol. The van der Waals surface area contributed by atoms with E-state index in [1.165, 1.54) is 7.11 Å². The molecule has 1 heterocycles. The lowest BCUT2D eigenvalue weighted by Gasteiger charge is -2.22. The number of pyridine rings is 1. The van der Waals surface area contributed by atoms with Crippen molar-refractivity contribution in [2.75, 3.05) is 12.4 Å². The average Bonchev–Trinajstić information content (AvgIpc) is 2.22. The third-order valence-electron chi connectivity index (χ3n) is 2.36. The first kappa shape index (κ1) is 13.1. The second kappa shape index (κ2) is 4.93. The number of halogens is 1. The highest BCUT2D eigenvalue weighted by atomic mass is 79.9. The van der Waals surface area contributed by atoms with Crippen LogP contribution in [0.25, 0.3) is 0 Å². The molecule has 0 aliphatic heterocycles. The van der Waals surface area contributed by atoms with Crippen LogP contribution in [-0.4, -0.2) is 23.6 Å². The lowest BCUT2D eigenvalue weighted by Crippen LogP contribution is -2.39. The maximum atomic E-state index is 11.8. The summed E-state index contributed by atoms with van der Waals surface area (Å²) < 4.78 is 5.84. The van der Waals surface area contributed by atoms with Gasteiger partial charge in [-0.2, -0.15) is 0 Å². The van der Waals surface area contributed by atoms with Crippen LogP contribution >= 0.6 is 15.9 Å². The SMILES string of the molecule is COC(C)(C)C(=O)Nc1ccc(Br)nc1C. The van der Waals surface area contributed by atoms with Crippen molar-refractivity contribution >= 4 is 27.5 Å². The van der Waals surface area contributed by atoms with Gasteiger partial charge in [0.25, 0.3) is 5.91 Å². The molecule has 0 aromatic carbocycles. The van der Waals surface area contributed by atoms with Crippen molar-refractivity contribution in [2.45, 2.75) is 26.4 Å². The van der Waals surface area contributed by atoms with Gasteiger partial charge >= 0.3 is 0 Å². The molecule has 88 valence electrons. The molecule has 1 amide bonds. The van der Waals surface area contributed by atoms with Crippen molar-refractivity contribution < 1.29 is 9.53 Å². The van der Waals surface area contributed by atoms with E-state index in [1.807, 2.05) is 6.92 Å². The van der Waals surface area contributed by atoms with Gasteiger partial charge in [-0.05, 0) is 48.8 Å². The molecule has 0 saturated carbocycles. The molecule has 0 bridgehead atoms. The van der Waals surface area contributed by atoms with Crippen molar-refractivity contribution in [1.29, 1.82) is 0 Å². The Labute approximate surface area is 104 Å². The van der Waals surface area contributed by atoms with E-state index in [1.54, 1.807) is 26.0 Å². The predicted octanol–water partition coefficient (Wildman–Crippen LogP) is 2.52. The van der Waals surface area contributed by atoms with E-state index < -0.39 is 5.60 Å². The molecular weight excluding hydrogens is 272 g/mol. The Kier molecular flexibility index (Phi) is 4.04. The number of nitrogens with one attached hydrogen (secondary N) is 1. The van der Waals surface area contributed by atoms with Gasteiger partial charge in [-0.1, -0.05) is 0 Å². The molecule has 1 rings (SSSR count). The Hall–Kier alpha value is -0.940. The zero-order valence-electron chi connectivity index (χ0n) is 9.80. The molecule has 0 radical (unpaired) electrons. The molecule has 5 heteroatoms. The van der Waals surface area contributed by atoms with Crippen LogP contribution in [0.15, 0.2) is 16.7 Å².